The third kappa shape index (κ3) is 21.3. The molecule has 0 aliphatic rings. The molecule has 0 radical (unpaired) electrons. The second-order valence-electron chi connectivity index (χ2n) is 21.9. The van der Waals surface area contributed by atoms with E-state index in [4.69, 9.17) is 0 Å². The number of aryl methyl sites for hydroxylation is 4. The van der Waals surface area contributed by atoms with Crippen LogP contribution in [0.4, 0.5) is 35.1 Å². The van der Waals surface area contributed by atoms with Crippen LogP contribution in [0.25, 0.3) is 64.6 Å². The van der Waals surface area contributed by atoms with Crippen LogP contribution < -0.4 is 0 Å². The summed E-state index contributed by atoms with van der Waals surface area (Å²) < 4.78 is 123. The third-order valence-electron chi connectivity index (χ3n) is 14.6. The smallest absolute Gasteiger partial charge is 0.197 e. The van der Waals surface area contributed by atoms with E-state index in [0.29, 0.717) is 68.8 Å². The molecule has 0 aromatic heterocycles. The van der Waals surface area contributed by atoms with Gasteiger partial charge in [-0.1, -0.05) is 153 Å². The molecule has 0 amide bonds. The van der Waals surface area contributed by atoms with E-state index in [0.717, 1.165) is 125 Å². The highest BCUT2D eigenvalue weighted by Gasteiger charge is 2.20. The van der Waals surface area contributed by atoms with Gasteiger partial charge in [0.05, 0.1) is 0 Å². The van der Waals surface area contributed by atoms with Crippen molar-refractivity contribution in [1.29, 1.82) is 0 Å². The molecule has 7 aromatic rings. The molecule has 0 atom stereocenters. The maximum absolute atomic E-state index is 15.9. The lowest BCUT2D eigenvalue weighted by atomic mass is 10.0. The molecular weight excluding hydrogens is 1160 g/mol. The highest BCUT2D eigenvalue weighted by atomic mass is 19.2. The summed E-state index contributed by atoms with van der Waals surface area (Å²) in [6.45, 7) is 8.46. The van der Waals surface area contributed by atoms with Gasteiger partial charge in [-0.15, -0.1) is 0 Å². The van der Waals surface area contributed by atoms with Gasteiger partial charge in [-0.05, 0) is 243 Å². The minimum atomic E-state index is -1.95. The van der Waals surface area contributed by atoms with Gasteiger partial charge in [0.1, 0.15) is 21.5 Å². The van der Waals surface area contributed by atoms with Gasteiger partial charge in [-0.2, -0.15) is 0 Å². The Hall–Kier alpha value is -10.5. The molecule has 456 valence electrons. The van der Waals surface area contributed by atoms with Crippen LogP contribution in [-0.4, -0.2) is 0 Å². The van der Waals surface area contributed by atoms with Crippen LogP contribution in [0.5, 0.6) is 0 Å². The van der Waals surface area contributed by atoms with E-state index in [2.05, 4.69) is 173 Å². The number of fused-ring (bicyclic) bond motifs is 12. The number of halogens is 8. The lowest BCUT2D eigenvalue weighted by molar-refractivity contribution is 0.450. The zero-order valence-corrected chi connectivity index (χ0v) is 52.1. The second-order valence-corrected chi connectivity index (χ2v) is 21.9. The van der Waals surface area contributed by atoms with Crippen molar-refractivity contribution in [2.45, 2.75) is 156 Å². The van der Waals surface area contributed by atoms with Crippen molar-refractivity contribution in [2.75, 3.05) is 0 Å². The molecule has 0 unspecified atom stereocenters. The van der Waals surface area contributed by atoms with Crippen molar-refractivity contribution in [3.8, 4) is 0 Å². The molecule has 0 aliphatic heterocycles. The number of benzene rings is 6. The molecule has 0 nitrogen and oxygen atoms in total. The van der Waals surface area contributed by atoms with E-state index in [1.54, 1.807) is 24.3 Å². The van der Waals surface area contributed by atoms with Crippen molar-refractivity contribution in [3.63, 3.8) is 0 Å². The van der Waals surface area contributed by atoms with Crippen molar-refractivity contribution in [1.82, 2.24) is 0 Å². The second kappa shape index (κ2) is 36.8. The Balaban J connectivity index is 1.43. The van der Waals surface area contributed by atoms with Crippen LogP contribution in [0.2, 0.25) is 0 Å². The van der Waals surface area contributed by atoms with Crippen LogP contribution in [0, 0.1) is 192 Å². The normalized spacial score (nSPS) is 9.78. The van der Waals surface area contributed by atoms with Gasteiger partial charge in [0.25, 0.3) is 0 Å². The molecule has 0 saturated carbocycles. The van der Waals surface area contributed by atoms with Gasteiger partial charge >= 0.3 is 0 Å². The molecular formula is C84H64F8. The number of hydrogen-bond donors (Lipinski definition) is 0. The fourth-order valence-electron chi connectivity index (χ4n) is 9.85. The van der Waals surface area contributed by atoms with E-state index in [-0.39, 0.29) is 0 Å². The summed E-state index contributed by atoms with van der Waals surface area (Å²) in [5.74, 6) is -14.2. The Morgan fingerprint density at radius 3 is 0.543 bits per heavy atom. The molecule has 7 rings (SSSR count). The first-order valence-electron chi connectivity index (χ1n) is 31.2. The van der Waals surface area contributed by atoms with Gasteiger partial charge in [0.15, 0.2) is 46.5 Å². The Morgan fingerprint density at radius 1 is 0.196 bits per heavy atom. The van der Waals surface area contributed by atoms with Crippen LogP contribution in [-0.2, 0) is 25.7 Å². The SMILES string of the molecule is CCCCCCc1cc2c#cc#cc3cc(CCCCCC)cc(c#cc#cc4c(F)c(F)c(F)c(c#cc#cc5cc(CCCCCC)cc(c#cc#cc6cc(CCCCCC)cc(c#cc#cc7c(F)c(F)c(F)c(c#cc#cc(c1)c2)c7F)c6)c5)c4F)c3. The molecule has 92 heavy (non-hydrogen) atoms. The highest BCUT2D eigenvalue weighted by molar-refractivity contribution is 5.71. The average molecular weight is 1230 g/mol. The van der Waals surface area contributed by atoms with Crippen molar-refractivity contribution in [2.24, 2.45) is 0 Å². The summed E-state index contributed by atoms with van der Waals surface area (Å²) in [4.78, 5) is 0. The van der Waals surface area contributed by atoms with Crippen molar-refractivity contribution >= 4 is 64.6 Å². The minimum Gasteiger partial charge on any atom is -0.204 e. The standard InChI is InChI=1S/C84H64F8/c1-5-9-13-17-33-61-49-65-37-21-22-38-66-50-62(34-18-14-10-6-2)54-70(58-66)42-26-31-47-75-78(86)76(82(90)84(92)81(75)89)48-32-28-44-72-56-64(36-20-16-12-8-4)52-68(60-72)40-24-23-39-67-51-63(35-19-15-11-7-3)55-71(59-67)43-27-30-46-74-77(85)73(79(87)83(91)80(74)88)45-29-25-41-69(53-61)57-65/h49-60H,5-20,33-36H2,1-4H3. The molecule has 0 N–H and O–H groups in total. The summed E-state index contributed by atoms with van der Waals surface area (Å²) in [5.41, 5.74) is 3.71. The zero-order valence-electron chi connectivity index (χ0n) is 52.1. The molecule has 0 spiro atoms. The topological polar surface area (TPSA) is 0 Å². The summed E-state index contributed by atoms with van der Waals surface area (Å²) in [6, 6.07) is 86.2. The molecule has 7 aromatic carbocycles. The minimum absolute atomic E-state index is 0.486. The van der Waals surface area contributed by atoms with E-state index < -0.39 is 68.1 Å². The molecule has 0 aliphatic carbocycles. The summed E-state index contributed by atoms with van der Waals surface area (Å²) in [7, 11) is 0. The van der Waals surface area contributed by atoms with Crippen molar-refractivity contribution < 1.29 is 35.1 Å². The number of hydrogen-bond acceptors (Lipinski definition) is 0. The predicted molar refractivity (Wildman–Crippen MR) is 347 cm³/mol. The Morgan fingerprint density at radius 2 is 0.370 bits per heavy atom. The maximum atomic E-state index is 15.9. The van der Waals surface area contributed by atoms with Crippen LogP contribution in [0.1, 0.15) is 153 Å². The number of unbranched alkanes of at least 4 members (excludes halogenated alkanes) is 12. The van der Waals surface area contributed by atoms with Crippen LogP contribution in [0.3, 0.4) is 0 Å². The Labute approximate surface area is 540 Å². The Bertz CT molecular complexity index is 3660. The fourth-order valence-corrected chi connectivity index (χ4v) is 9.85. The monoisotopic (exact) mass is 1220 g/mol. The summed E-state index contributed by atoms with van der Waals surface area (Å²) in [6.07, 6.45) is 18.8. The highest BCUT2D eigenvalue weighted by Crippen LogP contribution is 2.25. The van der Waals surface area contributed by atoms with Gasteiger partial charge in [-0.3, -0.25) is 0 Å². The average Bonchev–Trinajstić information content (AvgIpc) is 0.849. The van der Waals surface area contributed by atoms with E-state index >= 15 is 35.1 Å². The third-order valence-corrected chi connectivity index (χ3v) is 14.6. The first-order valence-corrected chi connectivity index (χ1v) is 31.2. The first kappa shape index (κ1) is 69.0. The van der Waals surface area contributed by atoms with Crippen LogP contribution >= 0.6 is 0 Å². The molecule has 12 bridgehead atoms. The van der Waals surface area contributed by atoms with E-state index in [9.17, 15) is 0 Å². The lowest BCUT2D eigenvalue weighted by Gasteiger charge is -2.01. The molecule has 0 saturated heterocycles. The van der Waals surface area contributed by atoms with Crippen molar-refractivity contribution in [3.05, 3.63) is 287 Å². The van der Waals surface area contributed by atoms with Crippen LogP contribution in [0.15, 0.2) is 72.8 Å². The first-order chi connectivity index (χ1) is 44.8. The predicted octanol–water partition coefficient (Wildman–Crippen LogP) is 21.8. The van der Waals surface area contributed by atoms with Gasteiger partial charge < -0.3 is 0 Å². The zero-order chi connectivity index (χ0) is 65.5. The number of rotatable bonds is 20. The fraction of sp³-hybridized carbons (Fsp3) is 0.286. The quantitative estimate of drug-likeness (QED) is 0.0309. The maximum Gasteiger partial charge on any atom is 0.197 e. The van der Waals surface area contributed by atoms with E-state index in [1.807, 2.05) is 48.5 Å². The molecule has 8 heteroatoms. The Kier molecular flexibility index (Phi) is 27.6. The largest absolute Gasteiger partial charge is 0.204 e. The van der Waals surface area contributed by atoms with E-state index in [1.165, 1.54) is 0 Å². The molecule has 0 heterocycles. The summed E-state index contributed by atoms with van der Waals surface area (Å²) in [5, 5.41) is 0.0570. The molecule has 0 fully saturated rings. The van der Waals surface area contributed by atoms with Gasteiger partial charge in [0.2, 0.25) is 0 Å². The summed E-state index contributed by atoms with van der Waals surface area (Å²) >= 11 is 0. The van der Waals surface area contributed by atoms with Gasteiger partial charge in [-0.25, -0.2) is 35.1 Å². The van der Waals surface area contributed by atoms with Gasteiger partial charge in [0, 0.05) is 43.1 Å². The lowest BCUT2D eigenvalue weighted by Crippen LogP contribution is -1.95.